The minimum atomic E-state index is -6.01. The molecule has 0 bridgehead atoms. The molecule has 0 saturated heterocycles. The van der Waals surface area contributed by atoms with E-state index in [1.165, 1.54) is 12.1 Å². The molecule has 0 aliphatic heterocycles. The molecule has 1 atom stereocenters. The average molecular weight is 593 g/mol. The maximum atomic E-state index is 14.7. The molecule has 9 heteroatoms. The second-order valence-corrected chi connectivity index (χ2v) is 18.8. The number of alkyl halides is 6. The van der Waals surface area contributed by atoms with Crippen LogP contribution in [0.1, 0.15) is 0 Å². The Morgan fingerprint density at radius 3 is 1.11 bits per heavy atom. The van der Waals surface area contributed by atoms with Crippen LogP contribution in [0.25, 0.3) is 0 Å². The molecule has 4 rings (SSSR count). The summed E-state index contributed by atoms with van der Waals surface area (Å²) in [6, 6.07) is 31.7. The number of aliphatic hydroxyl groups is 1. The van der Waals surface area contributed by atoms with E-state index in [-0.39, 0.29) is 4.90 Å². The summed E-state index contributed by atoms with van der Waals surface area (Å²) in [4.78, 5) is 0.192. The van der Waals surface area contributed by atoms with Crippen LogP contribution in [0.5, 0.6) is 0 Å². The summed E-state index contributed by atoms with van der Waals surface area (Å²) in [6.07, 6.45) is -12.0. The maximum absolute atomic E-state index is 14.7. The van der Waals surface area contributed by atoms with Gasteiger partial charge in [0.25, 0.3) is 0 Å². The fourth-order valence-electron chi connectivity index (χ4n) is 4.64. The standard InChI is InChI=1S/C28H22F6GeOS/c29-27(30,31)26(36,28(32,33)34)25(37-24-19-11-4-12-20-24)35(21-13-5-1-6-14-21,22-15-7-2-8-16-22)23-17-9-3-10-18-23/h1-20,25,36H. The van der Waals surface area contributed by atoms with Crippen LogP contribution < -0.4 is 13.2 Å². The Balaban J connectivity index is 2.21. The number of benzene rings is 4. The van der Waals surface area contributed by atoms with E-state index in [4.69, 9.17) is 0 Å². The summed E-state index contributed by atoms with van der Waals surface area (Å²) in [5, 5.41) is 11.1. The molecule has 0 heterocycles. The van der Waals surface area contributed by atoms with Crippen molar-refractivity contribution in [3.05, 3.63) is 121 Å². The minimum absolute atomic E-state index is 0.192. The normalized spacial score (nSPS) is 13.8. The van der Waals surface area contributed by atoms with Crippen molar-refractivity contribution >= 4 is 38.2 Å². The second kappa shape index (κ2) is 10.6. The van der Waals surface area contributed by atoms with Gasteiger partial charge in [-0.1, -0.05) is 0 Å². The first kappa shape index (κ1) is 27.4. The van der Waals surface area contributed by atoms with Crippen molar-refractivity contribution < 1.29 is 31.4 Å². The van der Waals surface area contributed by atoms with E-state index < -0.39 is 35.3 Å². The molecule has 0 spiro atoms. The first-order valence-electron chi connectivity index (χ1n) is 11.3. The molecule has 4 aromatic rings. The van der Waals surface area contributed by atoms with Gasteiger partial charge in [0.05, 0.1) is 0 Å². The third kappa shape index (κ3) is 4.94. The van der Waals surface area contributed by atoms with Gasteiger partial charge in [-0.25, -0.2) is 0 Å². The van der Waals surface area contributed by atoms with E-state index in [1.807, 2.05) is 0 Å². The van der Waals surface area contributed by atoms with Crippen LogP contribution in [0.4, 0.5) is 26.3 Å². The number of thioether (sulfide) groups is 1. The fraction of sp³-hybridized carbons (Fsp3) is 0.143. The Morgan fingerprint density at radius 1 is 0.514 bits per heavy atom. The van der Waals surface area contributed by atoms with Crippen LogP contribution in [-0.2, 0) is 0 Å². The van der Waals surface area contributed by atoms with Crippen LogP contribution in [-0.4, -0.2) is 40.4 Å². The van der Waals surface area contributed by atoms with Crippen molar-refractivity contribution in [1.29, 1.82) is 0 Å². The zero-order valence-corrected chi connectivity index (χ0v) is 22.2. The van der Waals surface area contributed by atoms with Gasteiger partial charge in [-0.2, -0.15) is 0 Å². The van der Waals surface area contributed by atoms with Crippen molar-refractivity contribution in [2.24, 2.45) is 0 Å². The summed E-state index contributed by atoms with van der Waals surface area (Å²) >= 11 is -4.67. The zero-order chi connectivity index (χ0) is 26.7. The Kier molecular flexibility index (Phi) is 7.83. The van der Waals surface area contributed by atoms with Gasteiger partial charge < -0.3 is 0 Å². The van der Waals surface area contributed by atoms with Gasteiger partial charge >= 0.3 is 218 Å². The summed E-state index contributed by atoms with van der Waals surface area (Å²) in [5.74, 6) is 0. The van der Waals surface area contributed by atoms with Gasteiger partial charge in [-0.3, -0.25) is 0 Å². The SMILES string of the molecule is OC([CH](Sc1ccccc1)[Ge]([c]1ccccc1)([c]1ccccc1)[c]1ccccc1)(C(F)(F)F)C(F)(F)F. The molecular weight excluding hydrogens is 571 g/mol. The molecule has 0 radical (unpaired) electrons. The first-order chi connectivity index (χ1) is 17.5. The van der Waals surface area contributed by atoms with Crippen molar-refractivity contribution in [2.75, 3.05) is 0 Å². The van der Waals surface area contributed by atoms with E-state index in [1.54, 1.807) is 109 Å². The molecule has 1 nitrogen and oxygen atoms in total. The van der Waals surface area contributed by atoms with Gasteiger partial charge in [0.15, 0.2) is 0 Å². The van der Waals surface area contributed by atoms with Gasteiger partial charge in [0.1, 0.15) is 0 Å². The van der Waals surface area contributed by atoms with Gasteiger partial charge in [0, 0.05) is 0 Å². The Hall–Kier alpha value is -2.69. The summed E-state index contributed by atoms with van der Waals surface area (Å²) in [6.45, 7) is 0. The molecular formula is C28H22F6GeOS. The van der Waals surface area contributed by atoms with E-state index in [2.05, 4.69) is 0 Å². The molecule has 0 saturated carbocycles. The van der Waals surface area contributed by atoms with Crippen molar-refractivity contribution in [3.63, 3.8) is 0 Å². The van der Waals surface area contributed by atoms with E-state index in [9.17, 15) is 31.4 Å². The van der Waals surface area contributed by atoms with Crippen LogP contribution in [0.2, 0.25) is 0 Å². The molecule has 0 aliphatic carbocycles. The molecule has 1 unspecified atom stereocenters. The van der Waals surface area contributed by atoms with Gasteiger partial charge in [0.2, 0.25) is 0 Å². The zero-order valence-electron chi connectivity index (χ0n) is 19.2. The summed E-state index contributed by atoms with van der Waals surface area (Å²) < 4.78 is 86.8. The third-order valence-corrected chi connectivity index (χ3v) is 20.4. The summed E-state index contributed by atoms with van der Waals surface area (Å²) in [7, 11) is 0. The predicted octanol–water partition coefficient (Wildman–Crippen LogP) is 5.71. The van der Waals surface area contributed by atoms with E-state index in [0.29, 0.717) is 24.9 Å². The number of hydrogen-bond donors (Lipinski definition) is 1. The molecule has 37 heavy (non-hydrogen) atoms. The molecule has 0 aliphatic rings. The summed E-state index contributed by atoms with van der Waals surface area (Å²) in [5.41, 5.74) is -5.01. The van der Waals surface area contributed by atoms with Crippen LogP contribution >= 0.6 is 11.8 Å². The molecule has 192 valence electrons. The second-order valence-electron chi connectivity index (χ2n) is 8.48. The number of rotatable bonds is 7. The monoisotopic (exact) mass is 594 g/mol. The van der Waals surface area contributed by atoms with Crippen LogP contribution in [0, 0.1) is 0 Å². The first-order valence-corrected chi connectivity index (χ1v) is 16.5. The Bertz CT molecular complexity index is 1170. The molecule has 0 aromatic heterocycles. The fourth-order valence-corrected chi connectivity index (χ4v) is 20.5. The van der Waals surface area contributed by atoms with Crippen molar-refractivity contribution in [3.8, 4) is 0 Å². The Labute approximate surface area is 217 Å². The third-order valence-electron chi connectivity index (χ3n) is 6.32. The van der Waals surface area contributed by atoms with Crippen molar-refractivity contribution in [1.82, 2.24) is 0 Å². The van der Waals surface area contributed by atoms with Crippen LogP contribution in [0.15, 0.2) is 126 Å². The van der Waals surface area contributed by atoms with E-state index in [0.717, 1.165) is 0 Å². The van der Waals surface area contributed by atoms with Crippen molar-refractivity contribution in [2.45, 2.75) is 26.9 Å². The number of hydrogen-bond acceptors (Lipinski definition) is 2. The van der Waals surface area contributed by atoms with Crippen LogP contribution in [0.3, 0.4) is 0 Å². The molecule has 1 N–H and O–H groups in total. The molecule has 4 aromatic carbocycles. The quantitative estimate of drug-likeness (QED) is 0.168. The van der Waals surface area contributed by atoms with Gasteiger partial charge in [-0.05, 0) is 0 Å². The van der Waals surface area contributed by atoms with E-state index >= 15 is 0 Å². The van der Waals surface area contributed by atoms with Gasteiger partial charge in [-0.15, -0.1) is 0 Å². The predicted molar refractivity (Wildman–Crippen MR) is 137 cm³/mol. The topological polar surface area (TPSA) is 20.2 Å². The average Bonchev–Trinajstić information content (AvgIpc) is 2.89. The number of halogens is 6. The Morgan fingerprint density at radius 2 is 0.811 bits per heavy atom. The molecule has 0 amide bonds. The molecule has 0 fully saturated rings.